The van der Waals surface area contributed by atoms with Gasteiger partial charge in [-0.15, -0.1) is 0 Å². The molecule has 0 fully saturated rings. The first-order valence-electron chi connectivity index (χ1n) is 7.52. The van der Waals surface area contributed by atoms with Gasteiger partial charge in [0.25, 0.3) is 0 Å². The Morgan fingerprint density at radius 3 is 2.36 bits per heavy atom. The molecule has 0 saturated heterocycles. The Labute approximate surface area is 140 Å². The second-order valence-electron chi connectivity index (χ2n) is 5.49. The predicted molar refractivity (Wildman–Crippen MR) is 90.9 cm³/mol. The third-order valence-corrected chi connectivity index (χ3v) is 3.88. The highest BCUT2D eigenvalue weighted by atomic mass is 19.1. The maximum absolute atomic E-state index is 14.3. The van der Waals surface area contributed by atoms with Gasteiger partial charge < -0.3 is 4.98 Å². The van der Waals surface area contributed by atoms with E-state index in [4.69, 9.17) is 0 Å². The number of nitrogens with zero attached hydrogens (tertiary/aromatic N) is 2. The van der Waals surface area contributed by atoms with Gasteiger partial charge in [0.05, 0.1) is 23.7 Å². The minimum Gasteiger partial charge on any atom is -0.307 e. The van der Waals surface area contributed by atoms with Crippen LogP contribution in [0.4, 0.5) is 8.78 Å². The van der Waals surface area contributed by atoms with E-state index in [1.54, 1.807) is 36.4 Å². The fourth-order valence-electron chi connectivity index (χ4n) is 2.76. The molecule has 4 nitrogen and oxygen atoms in total. The average molecular weight is 335 g/mol. The second-order valence-corrected chi connectivity index (χ2v) is 5.49. The van der Waals surface area contributed by atoms with Gasteiger partial charge in [-0.2, -0.15) is 0 Å². The number of hydrogen-bond acceptors (Lipinski definition) is 3. The van der Waals surface area contributed by atoms with Crippen molar-refractivity contribution in [1.29, 1.82) is 0 Å². The Balaban J connectivity index is 2.12. The molecule has 4 rings (SSSR count). The molecule has 4 aromatic rings. The minimum absolute atomic E-state index is 0.200. The van der Waals surface area contributed by atoms with Crippen molar-refractivity contribution in [2.75, 3.05) is 0 Å². The first kappa shape index (κ1) is 15.1. The van der Waals surface area contributed by atoms with Crippen molar-refractivity contribution >= 4 is 11.0 Å². The molecule has 25 heavy (non-hydrogen) atoms. The molecule has 3 heterocycles. The van der Waals surface area contributed by atoms with Crippen LogP contribution in [0.1, 0.15) is 0 Å². The fourth-order valence-corrected chi connectivity index (χ4v) is 2.76. The molecule has 0 spiro atoms. The molecule has 0 saturated carbocycles. The molecule has 0 atom stereocenters. The first-order chi connectivity index (χ1) is 12.1. The summed E-state index contributed by atoms with van der Waals surface area (Å²) < 4.78 is 28.6. The molecule has 0 aliphatic carbocycles. The third kappa shape index (κ3) is 2.67. The van der Waals surface area contributed by atoms with E-state index in [0.29, 0.717) is 27.9 Å². The fraction of sp³-hybridized carbons (Fsp3) is 0. The van der Waals surface area contributed by atoms with Crippen LogP contribution in [0.25, 0.3) is 33.4 Å². The molecule has 0 radical (unpaired) electrons. The van der Waals surface area contributed by atoms with Crippen LogP contribution < -0.4 is 5.56 Å². The molecule has 0 amide bonds. The maximum atomic E-state index is 14.3. The normalized spacial score (nSPS) is 11.0. The lowest BCUT2D eigenvalue weighted by Crippen LogP contribution is -2.05. The van der Waals surface area contributed by atoms with Crippen LogP contribution in [0.15, 0.2) is 65.7 Å². The molecular weight excluding hydrogens is 324 g/mol. The number of rotatable bonds is 2. The largest absolute Gasteiger partial charge is 0.307 e. The quantitative estimate of drug-likeness (QED) is 0.604. The molecule has 3 aromatic heterocycles. The molecule has 1 N–H and O–H groups in total. The van der Waals surface area contributed by atoms with Crippen LogP contribution in [0.2, 0.25) is 0 Å². The lowest BCUT2D eigenvalue weighted by Gasteiger charge is -2.12. The average Bonchev–Trinajstić information content (AvgIpc) is 2.62. The Hall–Kier alpha value is -3.41. The Morgan fingerprint density at radius 2 is 1.64 bits per heavy atom. The van der Waals surface area contributed by atoms with Gasteiger partial charge in [0.1, 0.15) is 5.65 Å². The van der Waals surface area contributed by atoms with Crippen molar-refractivity contribution in [3.8, 4) is 22.4 Å². The van der Waals surface area contributed by atoms with Crippen LogP contribution in [-0.4, -0.2) is 15.0 Å². The zero-order valence-corrected chi connectivity index (χ0v) is 12.8. The summed E-state index contributed by atoms with van der Waals surface area (Å²) in [5.41, 5.74) is 1.20. The van der Waals surface area contributed by atoms with Gasteiger partial charge in [-0.25, -0.2) is 13.8 Å². The highest BCUT2D eigenvalue weighted by Gasteiger charge is 2.18. The zero-order chi connectivity index (χ0) is 17.4. The van der Waals surface area contributed by atoms with Gasteiger partial charge in [0, 0.05) is 22.6 Å². The summed E-state index contributed by atoms with van der Waals surface area (Å²) in [6, 6.07) is 13.5. The Morgan fingerprint density at radius 1 is 0.920 bits per heavy atom. The number of aromatic nitrogens is 3. The van der Waals surface area contributed by atoms with Crippen molar-refractivity contribution in [1.82, 2.24) is 15.0 Å². The van der Waals surface area contributed by atoms with Crippen LogP contribution >= 0.6 is 0 Å². The number of H-pyrrole nitrogens is 1. The summed E-state index contributed by atoms with van der Waals surface area (Å²) in [4.78, 5) is 22.2. The smallest absolute Gasteiger partial charge is 0.249 e. The molecule has 1 aromatic carbocycles. The van der Waals surface area contributed by atoms with Gasteiger partial charge in [0.2, 0.25) is 5.56 Å². The lowest BCUT2D eigenvalue weighted by atomic mass is 9.98. The van der Waals surface area contributed by atoms with Crippen LogP contribution in [0.5, 0.6) is 0 Å². The Kier molecular flexibility index (Phi) is 3.57. The molecular formula is C19H11F2N3O. The summed E-state index contributed by atoms with van der Waals surface area (Å²) >= 11 is 0. The number of fused-ring (bicyclic) bond motifs is 1. The van der Waals surface area contributed by atoms with Crippen molar-refractivity contribution in [3.63, 3.8) is 0 Å². The predicted octanol–water partition coefficient (Wildman–Crippen LogP) is 3.93. The summed E-state index contributed by atoms with van der Waals surface area (Å²) in [5, 5.41) is 0.574. The van der Waals surface area contributed by atoms with Crippen LogP contribution in [0.3, 0.4) is 0 Å². The lowest BCUT2D eigenvalue weighted by molar-refractivity contribution is 0.579. The first-order valence-corrected chi connectivity index (χ1v) is 7.52. The van der Waals surface area contributed by atoms with E-state index in [9.17, 15) is 13.6 Å². The molecule has 0 aliphatic heterocycles. The summed E-state index contributed by atoms with van der Waals surface area (Å²) in [6.07, 6.45) is 1.93. The van der Waals surface area contributed by atoms with Gasteiger partial charge in [-0.3, -0.25) is 9.78 Å². The number of nitrogens with one attached hydrogen (secondary N) is 1. The van der Waals surface area contributed by atoms with E-state index >= 15 is 0 Å². The topological polar surface area (TPSA) is 58.6 Å². The van der Waals surface area contributed by atoms with Gasteiger partial charge >= 0.3 is 0 Å². The highest BCUT2D eigenvalue weighted by molar-refractivity contribution is 5.90. The molecule has 122 valence electrons. The molecule has 0 bridgehead atoms. The summed E-state index contributed by atoms with van der Waals surface area (Å²) in [5.74, 6) is -1.55. The summed E-state index contributed by atoms with van der Waals surface area (Å²) in [7, 11) is 0. The van der Waals surface area contributed by atoms with Crippen molar-refractivity contribution in [2.45, 2.75) is 0 Å². The highest BCUT2D eigenvalue weighted by Crippen LogP contribution is 2.35. The van der Waals surface area contributed by atoms with Gasteiger partial charge in [0.15, 0.2) is 11.6 Å². The Bertz CT molecular complexity index is 1120. The van der Waals surface area contributed by atoms with E-state index in [-0.39, 0.29) is 11.1 Å². The maximum Gasteiger partial charge on any atom is 0.249 e. The standard InChI is InChI=1S/C19H11F2N3O/c20-14-9-22-10-15(21)17(14)13-8-12-6-7-16(25)23-19(12)24-18(13)11-4-2-1-3-5-11/h1-10H,(H,23,24,25). The zero-order valence-electron chi connectivity index (χ0n) is 12.8. The van der Waals surface area contributed by atoms with Gasteiger partial charge in [-0.05, 0) is 12.1 Å². The number of aromatic amines is 1. The molecule has 6 heteroatoms. The van der Waals surface area contributed by atoms with Crippen molar-refractivity contribution in [3.05, 3.63) is 82.9 Å². The van der Waals surface area contributed by atoms with E-state index in [1.807, 2.05) is 6.07 Å². The van der Waals surface area contributed by atoms with E-state index in [0.717, 1.165) is 12.4 Å². The van der Waals surface area contributed by atoms with Crippen LogP contribution in [0, 0.1) is 11.6 Å². The SMILES string of the molecule is O=c1ccc2cc(-c3c(F)cncc3F)c(-c3ccccc3)nc2[nH]1. The van der Waals surface area contributed by atoms with E-state index in [1.165, 1.54) is 6.07 Å². The van der Waals surface area contributed by atoms with Crippen molar-refractivity contribution in [2.24, 2.45) is 0 Å². The minimum atomic E-state index is -0.775. The summed E-state index contributed by atoms with van der Waals surface area (Å²) in [6.45, 7) is 0. The van der Waals surface area contributed by atoms with Crippen molar-refractivity contribution < 1.29 is 8.78 Å². The van der Waals surface area contributed by atoms with Crippen LogP contribution in [-0.2, 0) is 0 Å². The van der Waals surface area contributed by atoms with E-state index in [2.05, 4.69) is 15.0 Å². The number of hydrogen-bond donors (Lipinski definition) is 1. The second kappa shape index (κ2) is 5.90. The third-order valence-electron chi connectivity index (χ3n) is 3.88. The monoisotopic (exact) mass is 335 g/mol. The van der Waals surface area contributed by atoms with E-state index < -0.39 is 11.6 Å². The number of halogens is 2. The molecule has 0 aliphatic rings. The number of benzene rings is 1. The number of pyridine rings is 3. The molecule has 0 unspecified atom stereocenters. The van der Waals surface area contributed by atoms with Gasteiger partial charge in [-0.1, -0.05) is 30.3 Å².